The molecule has 1 aromatic rings. The molecule has 0 aliphatic rings. The summed E-state index contributed by atoms with van der Waals surface area (Å²) in [5, 5.41) is 8.73. The van der Waals surface area contributed by atoms with Gasteiger partial charge in [0.25, 0.3) is 0 Å². The predicted octanol–water partition coefficient (Wildman–Crippen LogP) is 2.67. The van der Waals surface area contributed by atoms with Gasteiger partial charge in [0.2, 0.25) is 0 Å². The van der Waals surface area contributed by atoms with Crippen LogP contribution in [0, 0.1) is 0 Å². The van der Waals surface area contributed by atoms with Gasteiger partial charge in [-0.25, -0.2) is 9.78 Å². The van der Waals surface area contributed by atoms with E-state index in [9.17, 15) is 4.79 Å². The third-order valence-electron chi connectivity index (χ3n) is 1.69. The average molecular weight is 244 g/mol. The maximum Gasteiger partial charge on any atom is 0.338 e. The molecule has 0 aliphatic carbocycles. The minimum atomic E-state index is -0.963. The molecule has 0 saturated heterocycles. The average Bonchev–Trinajstić information content (AvgIpc) is 2.03. The van der Waals surface area contributed by atoms with Crippen molar-refractivity contribution in [3.8, 4) is 0 Å². The molecule has 0 bridgehead atoms. The molecule has 0 aliphatic heterocycles. The van der Waals surface area contributed by atoms with Gasteiger partial charge < -0.3 is 5.11 Å². The van der Waals surface area contributed by atoms with Gasteiger partial charge in [-0.15, -0.1) is 0 Å². The molecule has 1 rings (SSSR count). The number of hydrogen-bond acceptors (Lipinski definition) is 2. The molecule has 0 unspecified atom stereocenters. The van der Waals surface area contributed by atoms with E-state index >= 15 is 0 Å². The minimum absolute atomic E-state index is 0.199. The first kappa shape index (κ1) is 10.2. The summed E-state index contributed by atoms with van der Waals surface area (Å²) < 4.78 is 0.395. The van der Waals surface area contributed by atoms with Crippen LogP contribution in [-0.2, 0) is 0 Å². The molecule has 13 heavy (non-hydrogen) atoms. The van der Waals surface area contributed by atoms with Crippen molar-refractivity contribution in [2.75, 3.05) is 0 Å². The number of carboxylic acid groups (broad SMARTS) is 1. The third kappa shape index (κ3) is 2.28. The van der Waals surface area contributed by atoms with Gasteiger partial charge in [-0.05, 0) is 34.0 Å². The van der Waals surface area contributed by atoms with Gasteiger partial charge in [-0.1, -0.05) is 13.8 Å². The van der Waals surface area contributed by atoms with Crippen molar-refractivity contribution >= 4 is 21.9 Å². The predicted molar refractivity (Wildman–Crippen MR) is 53.0 cm³/mol. The zero-order valence-corrected chi connectivity index (χ0v) is 9.00. The summed E-state index contributed by atoms with van der Waals surface area (Å²) in [4.78, 5) is 14.8. The minimum Gasteiger partial charge on any atom is -0.478 e. The van der Waals surface area contributed by atoms with Crippen LogP contribution in [0.25, 0.3) is 0 Å². The second kappa shape index (κ2) is 3.87. The Bertz CT molecular complexity index is 336. The van der Waals surface area contributed by atoms with Crippen molar-refractivity contribution in [3.63, 3.8) is 0 Å². The van der Waals surface area contributed by atoms with Crippen LogP contribution in [0.4, 0.5) is 0 Å². The summed E-state index contributed by atoms with van der Waals surface area (Å²) in [6, 6.07) is 3.30. The van der Waals surface area contributed by atoms with Crippen LogP contribution in [0.3, 0.4) is 0 Å². The van der Waals surface area contributed by atoms with E-state index in [0.29, 0.717) is 10.5 Å². The fourth-order valence-corrected chi connectivity index (χ4v) is 1.44. The molecular weight excluding hydrogens is 234 g/mol. The lowest BCUT2D eigenvalue weighted by Crippen LogP contribution is -2.02. The van der Waals surface area contributed by atoms with E-state index in [1.54, 1.807) is 12.1 Å². The van der Waals surface area contributed by atoms with Gasteiger partial charge in [-0.3, -0.25) is 0 Å². The van der Waals surface area contributed by atoms with Crippen LogP contribution in [0.1, 0.15) is 35.8 Å². The van der Waals surface area contributed by atoms with E-state index in [-0.39, 0.29) is 5.56 Å². The highest BCUT2D eigenvalue weighted by molar-refractivity contribution is 9.10. The van der Waals surface area contributed by atoms with Crippen LogP contribution >= 0.6 is 15.9 Å². The first-order valence-electron chi connectivity index (χ1n) is 3.92. The van der Waals surface area contributed by atoms with Crippen LogP contribution in [0.5, 0.6) is 0 Å². The van der Waals surface area contributed by atoms with E-state index in [4.69, 9.17) is 5.11 Å². The highest BCUT2D eigenvalue weighted by atomic mass is 79.9. The molecule has 0 aromatic carbocycles. The molecular formula is C9H10BrNO2. The number of hydrogen-bond donors (Lipinski definition) is 1. The van der Waals surface area contributed by atoms with E-state index in [1.165, 1.54) is 0 Å². The maximum absolute atomic E-state index is 10.6. The van der Waals surface area contributed by atoms with Crippen molar-refractivity contribution < 1.29 is 9.90 Å². The quantitative estimate of drug-likeness (QED) is 0.813. The Labute approximate surface area is 84.9 Å². The normalized spacial score (nSPS) is 10.5. The summed E-state index contributed by atoms with van der Waals surface area (Å²) in [6.07, 6.45) is 0. The second-order valence-corrected chi connectivity index (χ2v) is 3.79. The number of nitrogens with zero attached hydrogens (tertiary/aromatic N) is 1. The molecule has 4 heteroatoms. The van der Waals surface area contributed by atoms with E-state index in [0.717, 1.165) is 5.69 Å². The molecule has 0 fully saturated rings. The lowest BCUT2D eigenvalue weighted by atomic mass is 10.1. The number of carbonyl (C=O) groups is 1. The zero-order valence-electron chi connectivity index (χ0n) is 7.41. The monoisotopic (exact) mass is 243 g/mol. The Morgan fingerprint density at radius 1 is 1.54 bits per heavy atom. The Morgan fingerprint density at radius 3 is 2.54 bits per heavy atom. The van der Waals surface area contributed by atoms with Gasteiger partial charge in [0.05, 0.1) is 5.56 Å². The summed E-state index contributed by atoms with van der Waals surface area (Å²) in [6.45, 7) is 4.02. The highest BCUT2D eigenvalue weighted by Crippen LogP contribution is 2.18. The van der Waals surface area contributed by atoms with Gasteiger partial charge in [-0.2, -0.15) is 0 Å². The molecule has 0 amide bonds. The molecule has 0 radical (unpaired) electrons. The van der Waals surface area contributed by atoms with Crippen molar-refractivity contribution in [2.45, 2.75) is 19.8 Å². The van der Waals surface area contributed by atoms with Crippen molar-refractivity contribution in [3.05, 3.63) is 28.0 Å². The topological polar surface area (TPSA) is 50.2 Å². The zero-order chi connectivity index (χ0) is 10.0. The molecule has 1 aromatic heterocycles. The number of pyridine rings is 1. The lowest BCUT2D eigenvalue weighted by Gasteiger charge is -2.05. The number of halogens is 1. The maximum atomic E-state index is 10.6. The Morgan fingerprint density at radius 2 is 2.15 bits per heavy atom. The molecule has 0 atom stereocenters. The molecule has 1 N–H and O–H groups in total. The smallest absolute Gasteiger partial charge is 0.338 e. The molecule has 70 valence electrons. The fraction of sp³-hybridized carbons (Fsp3) is 0.333. The highest BCUT2D eigenvalue weighted by Gasteiger charge is 2.10. The number of rotatable bonds is 2. The Balaban J connectivity index is 3.13. The summed E-state index contributed by atoms with van der Waals surface area (Å²) >= 11 is 3.12. The van der Waals surface area contributed by atoms with Crippen molar-refractivity contribution in [1.82, 2.24) is 4.98 Å². The first-order chi connectivity index (χ1) is 6.02. The largest absolute Gasteiger partial charge is 0.478 e. The number of carboxylic acids is 1. The standard InChI is InChI=1S/C9H10BrNO2/c1-5(2)7-4-3-6(9(12)13)8(10)11-7/h3-5H,1-2H3,(H,12,13). The fourth-order valence-electron chi connectivity index (χ4n) is 0.929. The van der Waals surface area contributed by atoms with Crippen molar-refractivity contribution in [1.29, 1.82) is 0 Å². The second-order valence-electron chi connectivity index (χ2n) is 3.03. The van der Waals surface area contributed by atoms with E-state index in [1.807, 2.05) is 13.8 Å². The van der Waals surface area contributed by atoms with E-state index in [2.05, 4.69) is 20.9 Å². The van der Waals surface area contributed by atoms with Crippen LogP contribution in [0.15, 0.2) is 16.7 Å². The lowest BCUT2D eigenvalue weighted by molar-refractivity contribution is 0.0695. The van der Waals surface area contributed by atoms with Crippen LogP contribution < -0.4 is 0 Å². The van der Waals surface area contributed by atoms with Gasteiger partial charge >= 0.3 is 5.97 Å². The van der Waals surface area contributed by atoms with E-state index < -0.39 is 5.97 Å². The molecule has 3 nitrogen and oxygen atoms in total. The first-order valence-corrected chi connectivity index (χ1v) is 4.71. The summed E-state index contributed by atoms with van der Waals surface area (Å²) in [7, 11) is 0. The number of aromatic nitrogens is 1. The molecule has 1 heterocycles. The summed E-state index contributed by atoms with van der Waals surface area (Å²) in [5.74, 6) is -0.658. The Hall–Kier alpha value is -0.900. The summed E-state index contributed by atoms with van der Waals surface area (Å²) in [5.41, 5.74) is 1.08. The molecule has 0 saturated carbocycles. The SMILES string of the molecule is CC(C)c1ccc(C(=O)O)c(Br)n1. The number of aromatic carboxylic acids is 1. The van der Waals surface area contributed by atoms with Gasteiger partial charge in [0.15, 0.2) is 0 Å². The third-order valence-corrected chi connectivity index (χ3v) is 2.30. The van der Waals surface area contributed by atoms with Crippen molar-refractivity contribution in [2.24, 2.45) is 0 Å². The Kier molecular flexibility index (Phi) is 3.03. The van der Waals surface area contributed by atoms with Crippen LogP contribution in [-0.4, -0.2) is 16.1 Å². The van der Waals surface area contributed by atoms with Crippen LogP contribution in [0.2, 0.25) is 0 Å². The van der Waals surface area contributed by atoms with Gasteiger partial charge in [0.1, 0.15) is 4.60 Å². The van der Waals surface area contributed by atoms with Gasteiger partial charge in [0, 0.05) is 5.69 Å². The molecule has 0 spiro atoms.